The quantitative estimate of drug-likeness (QED) is 0.718. The number of fused-ring (bicyclic) bond motifs is 1. The Morgan fingerprint density at radius 1 is 1.60 bits per heavy atom. The third-order valence-corrected chi connectivity index (χ3v) is 6.88. The van der Waals surface area contributed by atoms with Gasteiger partial charge in [-0.1, -0.05) is 11.8 Å². The van der Waals surface area contributed by atoms with Crippen LogP contribution >= 0.6 is 23.5 Å². The zero-order chi connectivity index (χ0) is 14.8. The van der Waals surface area contributed by atoms with Gasteiger partial charge in [-0.2, -0.15) is 0 Å². The van der Waals surface area contributed by atoms with Crippen LogP contribution in [0.2, 0.25) is 0 Å². The molecule has 0 aromatic rings. The summed E-state index contributed by atoms with van der Waals surface area (Å²) >= 11 is 2.94. The van der Waals surface area contributed by atoms with E-state index in [4.69, 9.17) is 9.88 Å². The summed E-state index contributed by atoms with van der Waals surface area (Å²) in [7, 11) is -3.66. The zero-order valence-corrected chi connectivity index (χ0v) is 13.4. The molecule has 20 heavy (non-hydrogen) atoms. The van der Waals surface area contributed by atoms with E-state index < -0.39 is 10.0 Å². The summed E-state index contributed by atoms with van der Waals surface area (Å²) in [5.41, 5.74) is 0.887. The molecule has 1 unspecified atom stereocenters. The van der Waals surface area contributed by atoms with Gasteiger partial charge in [0.2, 0.25) is 15.9 Å². The zero-order valence-electron chi connectivity index (χ0n) is 10.9. The van der Waals surface area contributed by atoms with Gasteiger partial charge in [0.05, 0.1) is 11.1 Å². The van der Waals surface area contributed by atoms with Crippen LogP contribution in [-0.2, 0) is 19.6 Å². The average molecular weight is 336 g/mol. The van der Waals surface area contributed by atoms with Crippen LogP contribution in [0.4, 0.5) is 0 Å². The van der Waals surface area contributed by atoms with E-state index in [2.05, 4.69) is 5.32 Å². The summed E-state index contributed by atoms with van der Waals surface area (Å²) < 4.78 is 28.7. The summed E-state index contributed by atoms with van der Waals surface area (Å²) in [5, 5.41) is 7.81. The van der Waals surface area contributed by atoms with Gasteiger partial charge in [0.1, 0.15) is 16.6 Å². The number of sulfonamides is 1. The number of amides is 1. The van der Waals surface area contributed by atoms with Crippen molar-refractivity contribution >= 4 is 39.5 Å². The largest absolute Gasteiger partial charge is 0.496 e. The summed E-state index contributed by atoms with van der Waals surface area (Å²) in [6.45, 7) is 2.26. The fraction of sp³-hybridized carbons (Fsp3) is 0.545. The summed E-state index contributed by atoms with van der Waals surface area (Å²) in [5.74, 6) is 1.57. The van der Waals surface area contributed by atoms with Gasteiger partial charge in [-0.15, -0.1) is 11.8 Å². The van der Waals surface area contributed by atoms with Crippen molar-refractivity contribution in [2.45, 2.75) is 17.9 Å². The minimum atomic E-state index is -3.66. The van der Waals surface area contributed by atoms with E-state index in [1.54, 1.807) is 17.8 Å². The maximum Gasteiger partial charge on any atom is 0.244 e. The first-order valence-corrected chi connectivity index (χ1v) is 9.48. The average Bonchev–Trinajstić information content (AvgIpc) is 2.78. The van der Waals surface area contributed by atoms with Crippen molar-refractivity contribution in [3.05, 3.63) is 21.6 Å². The molecule has 1 atom stereocenters. The second-order valence-electron chi connectivity index (χ2n) is 4.29. The minimum Gasteiger partial charge on any atom is -0.496 e. The molecule has 0 fully saturated rings. The van der Waals surface area contributed by atoms with Crippen LogP contribution in [0, 0.1) is 0 Å². The number of nitrogens with two attached hydrogens (primary N) is 1. The number of thioether (sulfide) groups is 2. The van der Waals surface area contributed by atoms with Gasteiger partial charge in [-0.3, -0.25) is 4.79 Å². The van der Waals surface area contributed by atoms with Crippen LogP contribution in [0.25, 0.3) is 0 Å². The number of primary sulfonamides is 1. The van der Waals surface area contributed by atoms with E-state index in [0.29, 0.717) is 13.2 Å². The lowest BCUT2D eigenvalue weighted by Gasteiger charge is -2.22. The number of rotatable bonds is 5. The molecular formula is C11H16N2O4S3. The molecule has 2 aliphatic heterocycles. The topological polar surface area (TPSA) is 98.5 Å². The van der Waals surface area contributed by atoms with Crippen molar-refractivity contribution in [3.63, 3.8) is 0 Å². The van der Waals surface area contributed by atoms with Gasteiger partial charge < -0.3 is 10.1 Å². The Morgan fingerprint density at radius 3 is 3.00 bits per heavy atom. The van der Waals surface area contributed by atoms with Gasteiger partial charge in [0.15, 0.2) is 0 Å². The van der Waals surface area contributed by atoms with Crippen LogP contribution in [0.1, 0.15) is 13.3 Å². The predicted molar refractivity (Wildman–Crippen MR) is 81.3 cm³/mol. The van der Waals surface area contributed by atoms with Crippen LogP contribution < -0.4 is 10.5 Å². The van der Waals surface area contributed by atoms with Crippen LogP contribution in [0.3, 0.4) is 0 Å². The molecule has 2 aliphatic rings. The molecule has 0 aromatic carbocycles. The molecule has 0 aliphatic carbocycles. The highest BCUT2D eigenvalue weighted by Crippen LogP contribution is 2.48. The molecule has 0 bridgehead atoms. The lowest BCUT2D eigenvalue weighted by atomic mass is 10.2. The van der Waals surface area contributed by atoms with E-state index in [0.717, 1.165) is 23.5 Å². The normalized spacial score (nSPS) is 22.3. The number of carbonyl (C=O) groups excluding carboxylic acids is 1. The first kappa shape index (κ1) is 15.7. The highest BCUT2D eigenvalue weighted by molar-refractivity contribution is 8.26. The van der Waals surface area contributed by atoms with E-state index in [1.165, 1.54) is 18.7 Å². The Kier molecular flexibility index (Phi) is 5.05. The molecule has 9 heteroatoms. The predicted octanol–water partition coefficient (Wildman–Crippen LogP) is 0.733. The third-order valence-electron chi connectivity index (χ3n) is 2.70. The van der Waals surface area contributed by atoms with Gasteiger partial charge in [-0.25, -0.2) is 13.6 Å². The van der Waals surface area contributed by atoms with Crippen LogP contribution in [-0.4, -0.2) is 37.8 Å². The van der Waals surface area contributed by atoms with Crippen LogP contribution in [0.15, 0.2) is 21.6 Å². The highest BCUT2D eigenvalue weighted by Gasteiger charge is 2.34. The Hall–Kier alpha value is -0.640. The Morgan fingerprint density at radius 2 is 2.35 bits per heavy atom. The van der Waals surface area contributed by atoms with Gasteiger partial charge in [0, 0.05) is 24.7 Å². The molecule has 2 heterocycles. The van der Waals surface area contributed by atoms with Crippen molar-refractivity contribution in [3.8, 4) is 0 Å². The Labute approximate surface area is 126 Å². The number of allylic oxidation sites excluding steroid dienone is 2. The number of carbonyl (C=O) groups is 1. The van der Waals surface area contributed by atoms with Crippen molar-refractivity contribution < 1.29 is 17.9 Å². The molecule has 6 nitrogen and oxygen atoms in total. The van der Waals surface area contributed by atoms with Crippen molar-refractivity contribution in [2.24, 2.45) is 5.14 Å². The lowest BCUT2D eigenvalue weighted by molar-refractivity contribution is -0.119. The molecular weight excluding hydrogens is 320 g/mol. The Balaban J connectivity index is 2.06. The second kappa shape index (κ2) is 6.42. The van der Waals surface area contributed by atoms with Gasteiger partial charge in [0.25, 0.3) is 0 Å². The van der Waals surface area contributed by atoms with Crippen molar-refractivity contribution in [2.75, 3.05) is 18.9 Å². The standard InChI is InChI=1S/C11H16N2O4S3/c1-7(14)13-3-4-17-9-2-5-18-11-8(9)6-10(19-11)20(12,15)16/h6,11H,2-5H2,1H3,(H,13,14)(H2,12,15,16). The van der Waals surface area contributed by atoms with E-state index in [1.807, 2.05) is 0 Å². The molecule has 112 valence electrons. The number of ether oxygens (including phenoxy) is 1. The Bertz CT molecular complexity index is 568. The maximum atomic E-state index is 11.4. The minimum absolute atomic E-state index is 0.0350. The monoisotopic (exact) mass is 336 g/mol. The molecule has 3 N–H and O–H groups in total. The van der Waals surface area contributed by atoms with E-state index in [9.17, 15) is 13.2 Å². The second-order valence-corrected chi connectivity index (χ2v) is 8.74. The molecule has 0 aromatic heterocycles. The number of hydrogen-bond acceptors (Lipinski definition) is 6. The summed E-state index contributed by atoms with van der Waals surface area (Å²) in [4.78, 5) is 10.8. The third kappa shape index (κ3) is 3.94. The highest BCUT2D eigenvalue weighted by atomic mass is 32.3. The molecule has 0 saturated heterocycles. The lowest BCUT2D eigenvalue weighted by Crippen LogP contribution is -2.25. The summed E-state index contributed by atoms with van der Waals surface area (Å²) in [6.07, 6.45) is 2.36. The molecule has 1 amide bonds. The first-order valence-electron chi connectivity index (χ1n) is 6.01. The van der Waals surface area contributed by atoms with E-state index >= 15 is 0 Å². The number of hydrogen-bond donors (Lipinski definition) is 2. The molecule has 0 radical (unpaired) electrons. The smallest absolute Gasteiger partial charge is 0.244 e. The maximum absolute atomic E-state index is 11.4. The SMILES string of the molecule is CC(=O)NCCOC1=C2C=C(S(N)(=O)=O)SC2SCC1. The van der Waals surface area contributed by atoms with Crippen molar-refractivity contribution in [1.82, 2.24) is 5.32 Å². The van der Waals surface area contributed by atoms with Crippen LogP contribution in [0.5, 0.6) is 0 Å². The first-order chi connectivity index (χ1) is 9.38. The van der Waals surface area contributed by atoms with Crippen molar-refractivity contribution in [1.29, 1.82) is 0 Å². The molecule has 0 saturated carbocycles. The fourth-order valence-electron chi connectivity index (χ4n) is 1.84. The fourth-order valence-corrected chi connectivity index (χ4v) is 5.64. The number of nitrogens with one attached hydrogen (secondary N) is 1. The van der Waals surface area contributed by atoms with Gasteiger partial charge in [-0.05, 0) is 6.08 Å². The summed E-state index contributed by atoms with van der Waals surface area (Å²) in [6, 6.07) is 0. The molecule has 0 spiro atoms. The molecule has 2 rings (SSSR count). The van der Waals surface area contributed by atoms with E-state index in [-0.39, 0.29) is 14.7 Å². The van der Waals surface area contributed by atoms with Gasteiger partial charge >= 0.3 is 0 Å².